The highest BCUT2D eigenvalue weighted by Gasteiger charge is 2.01. The highest BCUT2D eigenvalue weighted by atomic mass is 32.1. The average molecular weight is 206 g/mol. The van der Waals surface area contributed by atoms with Crippen LogP contribution in [0.4, 0.5) is 0 Å². The molecule has 0 bridgehead atoms. The molecule has 0 saturated heterocycles. The van der Waals surface area contributed by atoms with Crippen LogP contribution >= 0.6 is 12.2 Å². The van der Waals surface area contributed by atoms with Crippen LogP contribution in [0.5, 0.6) is 0 Å². The summed E-state index contributed by atoms with van der Waals surface area (Å²) in [6, 6.07) is 7.38. The Hall–Kier alpha value is -1.42. The number of H-pyrrole nitrogens is 1. The number of nitrogens with zero attached hydrogens (tertiary/aromatic N) is 1. The van der Waals surface area contributed by atoms with Gasteiger partial charge in [0.1, 0.15) is 0 Å². The van der Waals surface area contributed by atoms with Gasteiger partial charge in [-0.3, -0.25) is 9.36 Å². The lowest BCUT2D eigenvalue weighted by Gasteiger charge is -2.04. The largest absolute Gasteiger partial charge is 0.332 e. The van der Waals surface area contributed by atoms with E-state index in [9.17, 15) is 4.79 Å². The molecule has 2 aromatic rings. The zero-order valence-corrected chi connectivity index (χ0v) is 8.60. The number of nitrogens with one attached hydrogen (secondary N) is 1. The van der Waals surface area contributed by atoms with Gasteiger partial charge >= 0.3 is 0 Å². The van der Waals surface area contributed by atoms with Gasteiger partial charge in [-0.25, -0.2) is 0 Å². The molecule has 14 heavy (non-hydrogen) atoms. The second-order valence-corrected chi connectivity index (χ2v) is 3.41. The summed E-state index contributed by atoms with van der Waals surface area (Å²) in [5.41, 5.74) is 0.777. The lowest BCUT2D eigenvalue weighted by atomic mass is 10.2. The Kier molecular flexibility index (Phi) is 2.21. The Labute approximate surface area is 86.0 Å². The Morgan fingerprint density at radius 2 is 2.14 bits per heavy atom. The van der Waals surface area contributed by atoms with Crippen molar-refractivity contribution < 1.29 is 0 Å². The van der Waals surface area contributed by atoms with Gasteiger partial charge in [0.25, 0.3) is 5.56 Å². The zero-order chi connectivity index (χ0) is 10.1. The van der Waals surface area contributed by atoms with Crippen LogP contribution in [-0.2, 0) is 6.54 Å². The minimum absolute atomic E-state index is 0.0214. The number of hydrogen-bond donors (Lipinski definition) is 1. The van der Waals surface area contributed by atoms with Crippen molar-refractivity contribution in [3.8, 4) is 0 Å². The molecule has 0 aliphatic carbocycles. The maximum atomic E-state index is 11.9. The molecule has 2 rings (SSSR count). The van der Waals surface area contributed by atoms with E-state index in [4.69, 9.17) is 12.2 Å². The lowest BCUT2D eigenvalue weighted by Crippen LogP contribution is -2.20. The summed E-state index contributed by atoms with van der Waals surface area (Å²) in [4.78, 5) is 14.9. The predicted octanol–water partition coefficient (Wildman–Crippen LogP) is 2.08. The monoisotopic (exact) mass is 206 g/mol. The summed E-state index contributed by atoms with van der Waals surface area (Å²) in [7, 11) is 0. The Bertz CT molecular complexity index is 582. The molecule has 72 valence electrons. The van der Waals surface area contributed by atoms with Gasteiger partial charge in [-0.15, -0.1) is 0 Å². The molecule has 1 aromatic carbocycles. The van der Waals surface area contributed by atoms with Crippen LogP contribution in [-0.4, -0.2) is 9.55 Å². The van der Waals surface area contributed by atoms with E-state index in [1.807, 2.05) is 25.1 Å². The quantitative estimate of drug-likeness (QED) is 0.725. The number of aromatic nitrogens is 2. The maximum Gasteiger partial charge on any atom is 0.262 e. The van der Waals surface area contributed by atoms with Gasteiger partial charge in [0.05, 0.1) is 10.9 Å². The molecule has 0 atom stereocenters. The number of fused-ring (bicyclic) bond motifs is 1. The van der Waals surface area contributed by atoms with Gasteiger partial charge in [-0.2, -0.15) is 0 Å². The summed E-state index contributed by atoms with van der Waals surface area (Å²) in [5, 5.41) is 0.683. The maximum absolute atomic E-state index is 11.9. The van der Waals surface area contributed by atoms with Crippen LogP contribution < -0.4 is 5.56 Å². The molecule has 0 spiro atoms. The van der Waals surface area contributed by atoms with Crippen LogP contribution in [0.25, 0.3) is 10.9 Å². The highest BCUT2D eigenvalue weighted by Crippen LogP contribution is 2.05. The van der Waals surface area contributed by atoms with E-state index in [0.717, 1.165) is 5.52 Å². The molecule has 3 nitrogen and oxygen atoms in total. The molecule has 0 radical (unpaired) electrons. The van der Waals surface area contributed by atoms with Crippen LogP contribution in [0.3, 0.4) is 0 Å². The summed E-state index contributed by atoms with van der Waals surface area (Å²) in [6.07, 6.45) is 0. The first-order valence-electron chi connectivity index (χ1n) is 4.46. The summed E-state index contributed by atoms with van der Waals surface area (Å²) >= 11 is 5.07. The summed E-state index contributed by atoms with van der Waals surface area (Å²) in [5.74, 6) is 0. The Morgan fingerprint density at radius 3 is 2.86 bits per heavy atom. The number of para-hydroxylation sites is 1. The fraction of sp³-hybridized carbons (Fsp3) is 0.200. The van der Waals surface area contributed by atoms with Crippen molar-refractivity contribution in [3.05, 3.63) is 39.4 Å². The van der Waals surface area contributed by atoms with E-state index in [1.165, 1.54) is 0 Å². The van der Waals surface area contributed by atoms with Crippen molar-refractivity contribution in [1.82, 2.24) is 9.55 Å². The molecule has 4 heteroatoms. The number of aromatic amines is 1. The van der Waals surface area contributed by atoms with Crippen LogP contribution in [0.15, 0.2) is 29.1 Å². The van der Waals surface area contributed by atoms with Crippen LogP contribution in [0.2, 0.25) is 0 Å². The molecule has 0 aliphatic rings. The van der Waals surface area contributed by atoms with E-state index >= 15 is 0 Å². The lowest BCUT2D eigenvalue weighted by molar-refractivity contribution is 0.705. The van der Waals surface area contributed by atoms with Gasteiger partial charge < -0.3 is 4.98 Å². The Morgan fingerprint density at radius 1 is 1.43 bits per heavy atom. The van der Waals surface area contributed by atoms with Gasteiger partial charge in [-0.1, -0.05) is 12.1 Å². The third kappa shape index (κ3) is 1.28. The van der Waals surface area contributed by atoms with Crippen molar-refractivity contribution in [2.75, 3.05) is 0 Å². The molecule has 0 fully saturated rings. The molecule has 1 N–H and O–H groups in total. The Balaban J connectivity index is 3.01. The molecule has 0 aliphatic heterocycles. The standard InChI is InChI=1S/C10H10N2OS/c1-2-12-9(13)7-5-3-4-6-8(7)11-10(12)14/h3-6H,2H2,1H3,(H,11,14). The average Bonchev–Trinajstić information content (AvgIpc) is 2.18. The minimum Gasteiger partial charge on any atom is -0.332 e. The molecule has 0 saturated carbocycles. The molecule has 0 amide bonds. The SMILES string of the molecule is CCn1c(=S)[nH]c2ccccc2c1=O. The van der Waals surface area contributed by atoms with E-state index in [0.29, 0.717) is 16.7 Å². The fourth-order valence-electron chi connectivity index (χ4n) is 1.49. The first kappa shape index (κ1) is 9.15. The van der Waals surface area contributed by atoms with E-state index in [-0.39, 0.29) is 5.56 Å². The topological polar surface area (TPSA) is 37.8 Å². The van der Waals surface area contributed by atoms with E-state index in [2.05, 4.69) is 4.98 Å². The first-order valence-corrected chi connectivity index (χ1v) is 4.86. The van der Waals surface area contributed by atoms with Crippen molar-refractivity contribution in [2.24, 2.45) is 0 Å². The fourth-order valence-corrected chi connectivity index (χ4v) is 1.81. The molecule has 1 heterocycles. The number of rotatable bonds is 1. The van der Waals surface area contributed by atoms with E-state index < -0.39 is 0 Å². The smallest absolute Gasteiger partial charge is 0.262 e. The second kappa shape index (κ2) is 3.38. The third-order valence-corrected chi connectivity index (χ3v) is 2.53. The van der Waals surface area contributed by atoms with Crippen molar-refractivity contribution >= 4 is 23.1 Å². The summed E-state index contributed by atoms with van der Waals surface area (Å²) in [6.45, 7) is 2.50. The molecular formula is C10H10N2OS. The number of hydrogen-bond acceptors (Lipinski definition) is 2. The van der Waals surface area contributed by atoms with Gasteiger partial charge in [0.15, 0.2) is 4.77 Å². The van der Waals surface area contributed by atoms with Crippen LogP contribution in [0, 0.1) is 4.77 Å². The van der Waals surface area contributed by atoms with Crippen molar-refractivity contribution in [1.29, 1.82) is 0 Å². The van der Waals surface area contributed by atoms with Gasteiger partial charge in [-0.05, 0) is 31.3 Å². The first-order chi connectivity index (χ1) is 6.74. The van der Waals surface area contributed by atoms with E-state index in [1.54, 1.807) is 10.6 Å². The van der Waals surface area contributed by atoms with Gasteiger partial charge in [0, 0.05) is 6.54 Å². The third-order valence-electron chi connectivity index (χ3n) is 2.21. The summed E-state index contributed by atoms with van der Waals surface area (Å²) < 4.78 is 2.04. The van der Waals surface area contributed by atoms with Crippen molar-refractivity contribution in [3.63, 3.8) is 0 Å². The van der Waals surface area contributed by atoms with Crippen molar-refractivity contribution in [2.45, 2.75) is 13.5 Å². The second-order valence-electron chi connectivity index (χ2n) is 3.03. The normalized spacial score (nSPS) is 10.6. The highest BCUT2D eigenvalue weighted by molar-refractivity contribution is 7.71. The minimum atomic E-state index is -0.0214. The molecule has 0 unspecified atom stereocenters. The zero-order valence-electron chi connectivity index (χ0n) is 7.78. The molecule has 1 aromatic heterocycles. The van der Waals surface area contributed by atoms with Gasteiger partial charge in [0.2, 0.25) is 0 Å². The number of benzene rings is 1. The molecular weight excluding hydrogens is 196 g/mol. The predicted molar refractivity (Wildman–Crippen MR) is 59.1 cm³/mol. The van der Waals surface area contributed by atoms with Crippen LogP contribution in [0.1, 0.15) is 6.92 Å².